The Balaban J connectivity index is 1.75. The lowest BCUT2D eigenvalue weighted by Gasteiger charge is -2.13. The Morgan fingerprint density at radius 1 is 0.857 bits per heavy atom. The molecule has 0 fully saturated rings. The average molecular weight is 404 g/mol. The number of aliphatic hydroxyl groups is 1. The van der Waals surface area contributed by atoms with E-state index in [1.54, 1.807) is 0 Å². The maximum atomic E-state index is 12.5. The molecule has 1 heterocycles. The van der Waals surface area contributed by atoms with Crippen molar-refractivity contribution in [3.63, 3.8) is 0 Å². The van der Waals surface area contributed by atoms with Crippen molar-refractivity contribution >= 4 is 0 Å². The molecule has 3 rings (SSSR count). The van der Waals surface area contributed by atoms with Crippen molar-refractivity contribution in [1.82, 2.24) is 10.1 Å². The van der Waals surface area contributed by atoms with Crippen LogP contribution in [-0.4, -0.2) is 21.6 Å². The summed E-state index contributed by atoms with van der Waals surface area (Å²) in [6.45, 7) is 0. The summed E-state index contributed by atoms with van der Waals surface area (Å²) in [7, 11) is 0. The van der Waals surface area contributed by atoms with Crippen LogP contribution in [0.25, 0.3) is 11.4 Å². The van der Waals surface area contributed by atoms with Crippen LogP contribution in [-0.2, 0) is 6.18 Å². The summed E-state index contributed by atoms with van der Waals surface area (Å²) in [5.41, 5.74) is 0.873. The Bertz CT molecular complexity index is 933. The van der Waals surface area contributed by atoms with Crippen molar-refractivity contribution in [3.05, 3.63) is 65.5 Å². The SMILES string of the molecule is OC(c1ccc(OC(F)(F)F)cc1)c1ccc(-c2noc(C(F)(F)F)n2)cc1. The van der Waals surface area contributed by atoms with Crippen molar-refractivity contribution in [2.45, 2.75) is 18.6 Å². The quantitative estimate of drug-likeness (QED) is 0.637. The first-order valence-electron chi connectivity index (χ1n) is 7.58. The number of benzene rings is 2. The standard InChI is InChI=1S/C17H10F6N2O3/c18-16(19,20)15-24-14(25-28-15)11-3-1-9(2-4-11)13(26)10-5-7-12(8-6-10)27-17(21,22)23/h1-8,13,26H. The van der Waals surface area contributed by atoms with E-state index in [4.69, 9.17) is 0 Å². The van der Waals surface area contributed by atoms with Crippen LogP contribution < -0.4 is 4.74 Å². The van der Waals surface area contributed by atoms with E-state index in [9.17, 15) is 31.4 Å². The highest BCUT2D eigenvalue weighted by Gasteiger charge is 2.38. The van der Waals surface area contributed by atoms with Crippen LogP contribution in [0.3, 0.4) is 0 Å². The predicted octanol–water partition coefficient (Wildman–Crippen LogP) is 4.74. The molecule has 0 saturated heterocycles. The van der Waals surface area contributed by atoms with Crippen molar-refractivity contribution < 1.29 is 40.7 Å². The van der Waals surface area contributed by atoms with Crippen LogP contribution >= 0.6 is 0 Å². The number of nitrogens with zero attached hydrogens (tertiary/aromatic N) is 2. The minimum atomic E-state index is -4.82. The number of alkyl halides is 6. The second-order valence-corrected chi connectivity index (χ2v) is 5.56. The molecule has 148 valence electrons. The molecule has 28 heavy (non-hydrogen) atoms. The molecule has 0 aliphatic heterocycles. The molecule has 1 unspecified atom stereocenters. The summed E-state index contributed by atoms with van der Waals surface area (Å²) in [6, 6.07) is 10.2. The molecular formula is C17H10F6N2O3. The fourth-order valence-corrected chi connectivity index (χ4v) is 2.31. The molecule has 1 aromatic heterocycles. The second kappa shape index (κ2) is 7.15. The first-order chi connectivity index (χ1) is 13.0. The van der Waals surface area contributed by atoms with Gasteiger partial charge in [-0.1, -0.05) is 41.6 Å². The largest absolute Gasteiger partial charge is 0.573 e. The number of aromatic nitrogens is 2. The van der Waals surface area contributed by atoms with E-state index in [1.807, 2.05) is 0 Å². The van der Waals surface area contributed by atoms with E-state index in [2.05, 4.69) is 19.4 Å². The Kier molecular flexibility index (Phi) is 5.02. The molecule has 0 aliphatic carbocycles. The van der Waals surface area contributed by atoms with Gasteiger partial charge in [0.25, 0.3) is 0 Å². The number of hydrogen-bond acceptors (Lipinski definition) is 5. The van der Waals surface area contributed by atoms with Gasteiger partial charge in [-0.3, -0.25) is 0 Å². The van der Waals surface area contributed by atoms with E-state index in [1.165, 1.54) is 36.4 Å². The summed E-state index contributed by atoms with van der Waals surface area (Å²) in [5, 5.41) is 13.6. The molecule has 1 N–H and O–H groups in total. The normalized spacial score (nSPS) is 13.4. The molecule has 5 nitrogen and oxygen atoms in total. The van der Waals surface area contributed by atoms with Crippen LogP contribution in [0.15, 0.2) is 53.1 Å². The molecule has 0 radical (unpaired) electrons. The molecule has 2 aromatic carbocycles. The van der Waals surface area contributed by atoms with Gasteiger partial charge in [0.2, 0.25) is 5.82 Å². The van der Waals surface area contributed by atoms with E-state index in [-0.39, 0.29) is 11.4 Å². The molecular weight excluding hydrogens is 394 g/mol. The highest BCUT2D eigenvalue weighted by Crippen LogP contribution is 2.31. The zero-order valence-electron chi connectivity index (χ0n) is 13.6. The number of hydrogen-bond donors (Lipinski definition) is 1. The van der Waals surface area contributed by atoms with Crippen LogP contribution in [0.4, 0.5) is 26.3 Å². The van der Waals surface area contributed by atoms with Crippen molar-refractivity contribution in [1.29, 1.82) is 0 Å². The lowest BCUT2D eigenvalue weighted by molar-refractivity contribution is -0.274. The molecule has 3 aromatic rings. The number of ether oxygens (including phenoxy) is 1. The topological polar surface area (TPSA) is 68.4 Å². The maximum Gasteiger partial charge on any atom is 0.573 e. The van der Waals surface area contributed by atoms with Gasteiger partial charge in [-0.25, -0.2) is 0 Å². The van der Waals surface area contributed by atoms with Gasteiger partial charge < -0.3 is 14.4 Å². The van der Waals surface area contributed by atoms with Crippen molar-refractivity contribution in [2.75, 3.05) is 0 Å². The highest BCUT2D eigenvalue weighted by atomic mass is 19.4. The number of aliphatic hydroxyl groups excluding tert-OH is 1. The zero-order valence-corrected chi connectivity index (χ0v) is 13.6. The van der Waals surface area contributed by atoms with Crippen LogP contribution in [0.1, 0.15) is 23.1 Å². The fourth-order valence-electron chi connectivity index (χ4n) is 2.31. The lowest BCUT2D eigenvalue weighted by atomic mass is 10.0. The van der Waals surface area contributed by atoms with Gasteiger partial charge in [-0.2, -0.15) is 18.2 Å². The third kappa shape index (κ3) is 4.60. The van der Waals surface area contributed by atoms with Gasteiger partial charge in [0.15, 0.2) is 0 Å². The van der Waals surface area contributed by atoms with E-state index >= 15 is 0 Å². The second-order valence-electron chi connectivity index (χ2n) is 5.56. The summed E-state index contributed by atoms with van der Waals surface area (Å²) < 4.78 is 81.9. The monoisotopic (exact) mass is 404 g/mol. The van der Waals surface area contributed by atoms with Gasteiger partial charge in [0.1, 0.15) is 11.9 Å². The van der Waals surface area contributed by atoms with E-state index < -0.39 is 30.3 Å². The average Bonchev–Trinajstić information content (AvgIpc) is 3.11. The Hall–Kier alpha value is -3.08. The van der Waals surface area contributed by atoms with Crippen LogP contribution in [0.2, 0.25) is 0 Å². The third-order valence-electron chi connectivity index (χ3n) is 3.58. The van der Waals surface area contributed by atoms with E-state index in [0.717, 1.165) is 12.1 Å². The predicted molar refractivity (Wildman–Crippen MR) is 81.9 cm³/mol. The molecule has 1 atom stereocenters. The molecule has 0 spiro atoms. The van der Waals surface area contributed by atoms with Crippen LogP contribution in [0, 0.1) is 0 Å². The minimum Gasteiger partial charge on any atom is -0.406 e. The van der Waals surface area contributed by atoms with Gasteiger partial charge in [0.05, 0.1) is 0 Å². The lowest BCUT2D eigenvalue weighted by Crippen LogP contribution is -2.17. The summed E-state index contributed by atoms with van der Waals surface area (Å²) in [6.07, 6.45) is -10.8. The van der Waals surface area contributed by atoms with Gasteiger partial charge >= 0.3 is 18.4 Å². The molecule has 0 amide bonds. The summed E-state index contributed by atoms with van der Waals surface area (Å²) in [5.74, 6) is -2.19. The van der Waals surface area contributed by atoms with Gasteiger partial charge in [-0.05, 0) is 23.3 Å². The Labute approximate surface area is 153 Å². The number of rotatable bonds is 4. The van der Waals surface area contributed by atoms with Gasteiger partial charge in [-0.15, -0.1) is 13.2 Å². The maximum absolute atomic E-state index is 12.5. The first-order valence-corrected chi connectivity index (χ1v) is 7.58. The van der Waals surface area contributed by atoms with E-state index in [0.29, 0.717) is 11.1 Å². The molecule has 11 heteroatoms. The summed E-state index contributed by atoms with van der Waals surface area (Å²) in [4.78, 5) is 3.25. The molecule has 0 aliphatic rings. The van der Waals surface area contributed by atoms with Crippen molar-refractivity contribution in [3.8, 4) is 17.1 Å². The van der Waals surface area contributed by atoms with Crippen molar-refractivity contribution in [2.24, 2.45) is 0 Å². The number of halogens is 6. The third-order valence-corrected chi connectivity index (χ3v) is 3.58. The molecule has 0 bridgehead atoms. The Morgan fingerprint density at radius 3 is 1.86 bits per heavy atom. The zero-order chi connectivity index (χ0) is 20.5. The smallest absolute Gasteiger partial charge is 0.406 e. The Morgan fingerprint density at radius 2 is 1.39 bits per heavy atom. The van der Waals surface area contributed by atoms with Gasteiger partial charge in [0, 0.05) is 5.56 Å². The summed E-state index contributed by atoms with van der Waals surface area (Å²) >= 11 is 0. The van der Waals surface area contributed by atoms with Crippen LogP contribution in [0.5, 0.6) is 5.75 Å². The highest BCUT2D eigenvalue weighted by molar-refractivity contribution is 5.55. The fraction of sp³-hybridized carbons (Fsp3) is 0.176. The first kappa shape index (κ1) is 19.7. The molecule has 0 saturated carbocycles. The minimum absolute atomic E-state index is 0.226.